The third kappa shape index (κ3) is 11.1. The molecule has 0 radical (unpaired) electrons. The molecule has 0 spiro atoms. The molecule has 0 aromatic carbocycles. The maximum atomic E-state index is 11.3. The van der Waals surface area contributed by atoms with E-state index >= 15 is 0 Å². The van der Waals surface area contributed by atoms with Crippen molar-refractivity contribution in [1.29, 1.82) is 0 Å². The lowest BCUT2D eigenvalue weighted by atomic mass is 9.99. The highest BCUT2D eigenvalue weighted by Crippen LogP contribution is 2.13. The van der Waals surface area contributed by atoms with Gasteiger partial charge in [-0.15, -0.1) is 0 Å². The Bertz CT molecular complexity index is 301. The summed E-state index contributed by atoms with van der Waals surface area (Å²) in [5, 5.41) is 8.38. The zero-order valence-electron chi connectivity index (χ0n) is 11.3. The minimum absolute atomic E-state index is 0.0485. The van der Waals surface area contributed by atoms with Crippen LogP contribution in [0.25, 0.3) is 0 Å². The van der Waals surface area contributed by atoms with Crippen molar-refractivity contribution < 1.29 is 24.2 Å². The molecule has 0 rings (SSSR count). The van der Waals surface area contributed by atoms with Crippen LogP contribution >= 0.6 is 0 Å². The molecule has 0 bridgehead atoms. The predicted octanol–water partition coefficient (Wildman–Crippen LogP) is 2.18. The molecule has 5 heteroatoms. The lowest BCUT2D eigenvalue weighted by Crippen LogP contribution is -2.18. The van der Waals surface area contributed by atoms with Gasteiger partial charge in [0.15, 0.2) is 0 Å². The molecule has 0 aromatic rings. The van der Waals surface area contributed by atoms with Gasteiger partial charge in [0, 0.05) is 12.8 Å². The van der Waals surface area contributed by atoms with E-state index in [0.717, 1.165) is 0 Å². The van der Waals surface area contributed by atoms with Crippen molar-refractivity contribution in [1.82, 2.24) is 0 Å². The molecule has 0 aromatic heterocycles. The van der Waals surface area contributed by atoms with Gasteiger partial charge in [0.25, 0.3) is 0 Å². The second-order valence-corrected chi connectivity index (χ2v) is 5.54. The number of aliphatic carboxylic acids is 1. The average molecular weight is 258 g/mol. The van der Waals surface area contributed by atoms with E-state index in [-0.39, 0.29) is 30.0 Å². The van der Waals surface area contributed by atoms with Gasteiger partial charge in [-0.1, -0.05) is 20.8 Å². The number of carboxylic acids is 1. The van der Waals surface area contributed by atoms with Crippen LogP contribution in [0.1, 0.15) is 52.9 Å². The molecule has 18 heavy (non-hydrogen) atoms. The molecule has 0 saturated carbocycles. The van der Waals surface area contributed by atoms with Crippen molar-refractivity contribution in [3.63, 3.8) is 0 Å². The van der Waals surface area contributed by atoms with Crippen LogP contribution in [-0.2, 0) is 19.1 Å². The third-order valence-electron chi connectivity index (χ3n) is 2.10. The van der Waals surface area contributed by atoms with Gasteiger partial charge < -0.3 is 9.84 Å². The van der Waals surface area contributed by atoms with E-state index < -0.39 is 12.4 Å². The summed E-state index contributed by atoms with van der Waals surface area (Å²) in [4.78, 5) is 32.6. The first-order valence-electron chi connectivity index (χ1n) is 6.10. The second-order valence-electron chi connectivity index (χ2n) is 5.54. The first-order chi connectivity index (χ1) is 8.20. The fourth-order valence-corrected chi connectivity index (χ4v) is 1.22. The summed E-state index contributed by atoms with van der Waals surface area (Å²) in [5.41, 5.74) is -0.0485. The largest absolute Gasteiger partial charge is 0.481 e. The monoisotopic (exact) mass is 258 g/mol. The van der Waals surface area contributed by atoms with Crippen molar-refractivity contribution in [2.45, 2.75) is 52.9 Å². The Morgan fingerprint density at radius 2 is 1.61 bits per heavy atom. The highest BCUT2D eigenvalue weighted by Gasteiger charge is 2.13. The molecule has 0 amide bonds. The second kappa shape index (κ2) is 7.84. The van der Waals surface area contributed by atoms with Crippen molar-refractivity contribution in [3.8, 4) is 0 Å². The molecule has 0 aliphatic carbocycles. The SMILES string of the molecule is CC(C)(C)COC(=O)CCCCC(=O)CC(=O)O. The molecule has 0 aliphatic heterocycles. The quantitative estimate of drug-likeness (QED) is 0.410. The van der Waals surface area contributed by atoms with E-state index in [1.54, 1.807) is 0 Å². The summed E-state index contributed by atoms with van der Waals surface area (Å²) < 4.78 is 5.06. The van der Waals surface area contributed by atoms with Crippen molar-refractivity contribution in [2.24, 2.45) is 5.41 Å². The number of carbonyl (C=O) groups excluding carboxylic acids is 2. The van der Waals surface area contributed by atoms with Crippen molar-refractivity contribution in [2.75, 3.05) is 6.61 Å². The lowest BCUT2D eigenvalue weighted by molar-refractivity contribution is -0.147. The number of esters is 1. The number of hydrogen-bond donors (Lipinski definition) is 1. The number of carboxylic acid groups (broad SMARTS) is 1. The van der Waals surface area contributed by atoms with Crippen LogP contribution in [0, 0.1) is 5.41 Å². The van der Waals surface area contributed by atoms with Crippen LogP contribution in [0.4, 0.5) is 0 Å². The predicted molar refractivity (Wildman–Crippen MR) is 66.1 cm³/mol. The number of unbranched alkanes of at least 4 members (excludes halogenated alkanes) is 1. The summed E-state index contributed by atoms with van der Waals surface area (Å²) in [6, 6.07) is 0. The minimum atomic E-state index is -1.11. The van der Waals surface area contributed by atoms with Gasteiger partial charge in [-0.2, -0.15) is 0 Å². The summed E-state index contributed by atoms with van der Waals surface area (Å²) in [6.07, 6.45) is 1.12. The fourth-order valence-electron chi connectivity index (χ4n) is 1.22. The minimum Gasteiger partial charge on any atom is -0.481 e. The zero-order chi connectivity index (χ0) is 14.2. The summed E-state index contributed by atoms with van der Waals surface area (Å²) in [7, 11) is 0. The van der Waals surface area contributed by atoms with E-state index in [0.29, 0.717) is 19.4 Å². The summed E-state index contributed by atoms with van der Waals surface area (Å²) >= 11 is 0. The highest BCUT2D eigenvalue weighted by atomic mass is 16.5. The molecule has 0 aliphatic rings. The van der Waals surface area contributed by atoms with E-state index in [2.05, 4.69) is 0 Å². The van der Waals surface area contributed by atoms with E-state index in [9.17, 15) is 14.4 Å². The van der Waals surface area contributed by atoms with Gasteiger partial charge in [0.2, 0.25) is 0 Å². The van der Waals surface area contributed by atoms with Gasteiger partial charge in [-0.05, 0) is 18.3 Å². The van der Waals surface area contributed by atoms with Crippen LogP contribution in [0.5, 0.6) is 0 Å². The van der Waals surface area contributed by atoms with Gasteiger partial charge in [0.1, 0.15) is 12.2 Å². The average Bonchev–Trinajstić information content (AvgIpc) is 2.19. The smallest absolute Gasteiger partial charge is 0.310 e. The molecule has 5 nitrogen and oxygen atoms in total. The van der Waals surface area contributed by atoms with Gasteiger partial charge in [-0.25, -0.2) is 0 Å². The molecule has 0 unspecified atom stereocenters. The fraction of sp³-hybridized carbons (Fsp3) is 0.769. The Morgan fingerprint density at radius 1 is 1.06 bits per heavy atom. The normalized spacial score (nSPS) is 11.1. The van der Waals surface area contributed by atoms with Crippen LogP contribution in [0.3, 0.4) is 0 Å². The first-order valence-corrected chi connectivity index (χ1v) is 6.10. The van der Waals surface area contributed by atoms with Crippen molar-refractivity contribution in [3.05, 3.63) is 0 Å². The van der Waals surface area contributed by atoms with Crippen LogP contribution in [0.2, 0.25) is 0 Å². The number of carbonyl (C=O) groups is 3. The van der Waals surface area contributed by atoms with E-state index in [1.165, 1.54) is 0 Å². The van der Waals surface area contributed by atoms with Crippen molar-refractivity contribution >= 4 is 17.7 Å². The van der Waals surface area contributed by atoms with E-state index in [4.69, 9.17) is 9.84 Å². The molecule has 0 heterocycles. The molecular formula is C13H22O5. The number of rotatable bonds is 8. The highest BCUT2D eigenvalue weighted by molar-refractivity contribution is 5.94. The zero-order valence-corrected chi connectivity index (χ0v) is 11.3. The number of Topliss-reactive ketones (excluding diaryl/α,β-unsaturated/α-hetero) is 1. The Morgan fingerprint density at radius 3 is 2.11 bits per heavy atom. The number of hydrogen-bond acceptors (Lipinski definition) is 4. The maximum Gasteiger partial charge on any atom is 0.310 e. The van der Waals surface area contributed by atoms with Gasteiger partial charge in [0.05, 0.1) is 6.61 Å². The lowest BCUT2D eigenvalue weighted by Gasteiger charge is -2.17. The Labute approximate surface area is 108 Å². The topological polar surface area (TPSA) is 80.7 Å². The maximum absolute atomic E-state index is 11.3. The van der Waals surface area contributed by atoms with E-state index in [1.807, 2.05) is 20.8 Å². The molecule has 104 valence electrons. The van der Waals surface area contributed by atoms with Gasteiger partial charge in [-0.3, -0.25) is 14.4 Å². The molecule has 0 saturated heterocycles. The molecular weight excluding hydrogens is 236 g/mol. The summed E-state index contributed by atoms with van der Waals surface area (Å²) in [5.74, 6) is -1.68. The number of ketones is 1. The molecule has 0 atom stereocenters. The standard InChI is InChI=1S/C13H22O5/c1-13(2,3)9-18-12(17)7-5-4-6-10(14)8-11(15)16/h4-9H2,1-3H3,(H,15,16). The molecule has 0 fully saturated rings. The van der Waals surface area contributed by atoms with Crippen LogP contribution < -0.4 is 0 Å². The summed E-state index contributed by atoms with van der Waals surface area (Å²) in [6.45, 7) is 6.31. The molecule has 1 N–H and O–H groups in total. The Balaban J connectivity index is 3.57. The van der Waals surface area contributed by atoms with Crippen LogP contribution in [-0.4, -0.2) is 29.4 Å². The third-order valence-corrected chi connectivity index (χ3v) is 2.10. The first kappa shape index (κ1) is 16.6. The Kier molecular flexibility index (Phi) is 7.24. The van der Waals surface area contributed by atoms with Crippen LogP contribution in [0.15, 0.2) is 0 Å². The number of ether oxygens (including phenoxy) is 1. The van der Waals surface area contributed by atoms with Gasteiger partial charge >= 0.3 is 11.9 Å². The Hall–Kier alpha value is -1.39.